The van der Waals surface area contributed by atoms with Crippen molar-refractivity contribution in [2.45, 2.75) is 13.0 Å². The van der Waals surface area contributed by atoms with Crippen LogP contribution in [0.4, 0.5) is 0 Å². The molecule has 3 aromatic carbocycles. The molecule has 0 aliphatic carbocycles. The SMILES string of the molecule is COc1ccc(OC)c([C@@H](C)NC(=O)COC(=O)c2cc3ccccc3cc2O)c1. The quantitative estimate of drug-likeness (QED) is 0.579. The number of carbonyl (C=O) groups excluding carboxylic acids is 2. The summed E-state index contributed by atoms with van der Waals surface area (Å²) in [5.74, 6) is -0.235. The van der Waals surface area contributed by atoms with Crippen LogP contribution in [0, 0.1) is 0 Å². The van der Waals surface area contributed by atoms with Gasteiger partial charge in [0.05, 0.1) is 20.3 Å². The fraction of sp³-hybridized carbons (Fsp3) is 0.217. The average molecular weight is 409 g/mol. The maximum Gasteiger partial charge on any atom is 0.342 e. The number of benzene rings is 3. The number of methoxy groups -OCH3 is 2. The second-order valence-corrected chi connectivity index (χ2v) is 6.69. The third kappa shape index (κ3) is 4.63. The van der Waals surface area contributed by atoms with E-state index in [4.69, 9.17) is 14.2 Å². The molecule has 156 valence electrons. The van der Waals surface area contributed by atoms with Gasteiger partial charge in [-0.1, -0.05) is 24.3 Å². The molecule has 0 aliphatic heterocycles. The van der Waals surface area contributed by atoms with Crippen molar-refractivity contribution in [1.29, 1.82) is 0 Å². The molecule has 3 aromatic rings. The molecule has 1 atom stereocenters. The Morgan fingerprint density at radius 2 is 1.70 bits per heavy atom. The maximum absolute atomic E-state index is 12.4. The van der Waals surface area contributed by atoms with E-state index >= 15 is 0 Å². The third-order valence-corrected chi connectivity index (χ3v) is 4.70. The highest BCUT2D eigenvalue weighted by molar-refractivity contribution is 5.99. The van der Waals surface area contributed by atoms with E-state index in [9.17, 15) is 14.7 Å². The molecular weight excluding hydrogens is 386 g/mol. The first-order valence-electron chi connectivity index (χ1n) is 9.33. The van der Waals surface area contributed by atoms with E-state index in [-0.39, 0.29) is 11.3 Å². The fourth-order valence-electron chi connectivity index (χ4n) is 3.14. The molecule has 0 saturated carbocycles. The van der Waals surface area contributed by atoms with Crippen LogP contribution in [-0.2, 0) is 9.53 Å². The van der Waals surface area contributed by atoms with E-state index in [0.29, 0.717) is 11.5 Å². The molecule has 0 heterocycles. The molecule has 2 N–H and O–H groups in total. The molecule has 7 heteroatoms. The Balaban J connectivity index is 1.65. The monoisotopic (exact) mass is 409 g/mol. The minimum Gasteiger partial charge on any atom is -0.507 e. The molecule has 0 unspecified atom stereocenters. The molecule has 3 rings (SSSR count). The van der Waals surface area contributed by atoms with Gasteiger partial charge in [-0.3, -0.25) is 4.79 Å². The van der Waals surface area contributed by atoms with E-state index in [2.05, 4.69) is 5.32 Å². The van der Waals surface area contributed by atoms with Gasteiger partial charge in [-0.15, -0.1) is 0 Å². The van der Waals surface area contributed by atoms with Crippen LogP contribution in [-0.4, -0.2) is 37.8 Å². The van der Waals surface area contributed by atoms with E-state index in [0.717, 1.165) is 16.3 Å². The van der Waals surface area contributed by atoms with Crippen LogP contribution in [0.5, 0.6) is 17.2 Å². The van der Waals surface area contributed by atoms with Crippen molar-refractivity contribution in [2.24, 2.45) is 0 Å². The summed E-state index contributed by atoms with van der Waals surface area (Å²) in [6.07, 6.45) is 0. The first kappa shape index (κ1) is 21.0. The number of esters is 1. The van der Waals surface area contributed by atoms with Crippen LogP contribution in [0.25, 0.3) is 10.8 Å². The molecule has 0 saturated heterocycles. The topological polar surface area (TPSA) is 94.1 Å². The summed E-state index contributed by atoms with van der Waals surface area (Å²) < 4.78 is 15.6. The fourth-order valence-corrected chi connectivity index (χ4v) is 3.14. The second kappa shape index (κ2) is 9.17. The number of hydrogen-bond donors (Lipinski definition) is 2. The van der Waals surface area contributed by atoms with Gasteiger partial charge in [-0.25, -0.2) is 4.79 Å². The third-order valence-electron chi connectivity index (χ3n) is 4.70. The zero-order valence-corrected chi connectivity index (χ0v) is 17.0. The van der Waals surface area contributed by atoms with Gasteiger partial charge in [-0.05, 0) is 48.0 Å². The van der Waals surface area contributed by atoms with Gasteiger partial charge < -0.3 is 24.6 Å². The predicted molar refractivity (Wildman–Crippen MR) is 112 cm³/mol. The second-order valence-electron chi connectivity index (χ2n) is 6.69. The Bertz CT molecular complexity index is 1080. The number of hydrogen-bond acceptors (Lipinski definition) is 6. The molecule has 1 amide bonds. The highest BCUT2D eigenvalue weighted by Crippen LogP contribution is 2.29. The summed E-state index contributed by atoms with van der Waals surface area (Å²) in [4.78, 5) is 24.6. The lowest BCUT2D eigenvalue weighted by Crippen LogP contribution is -2.31. The number of aromatic hydroxyl groups is 1. The zero-order valence-electron chi connectivity index (χ0n) is 17.0. The number of phenols is 1. The van der Waals surface area contributed by atoms with Crippen molar-refractivity contribution in [3.05, 3.63) is 65.7 Å². The van der Waals surface area contributed by atoms with Gasteiger partial charge in [0.25, 0.3) is 5.91 Å². The van der Waals surface area contributed by atoms with Crippen molar-refractivity contribution >= 4 is 22.6 Å². The summed E-state index contributed by atoms with van der Waals surface area (Å²) in [6, 6.07) is 15.2. The Morgan fingerprint density at radius 3 is 2.37 bits per heavy atom. The van der Waals surface area contributed by atoms with Crippen LogP contribution in [0.2, 0.25) is 0 Å². The van der Waals surface area contributed by atoms with Gasteiger partial charge in [0.15, 0.2) is 6.61 Å². The van der Waals surface area contributed by atoms with Crippen LogP contribution in [0.3, 0.4) is 0 Å². The molecule has 0 fully saturated rings. The first-order valence-corrected chi connectivity index (χ1v) is 9.33. The molecule has 0 aliphatic rings. The van der Waals surface area contributed by atoms with Crippen LogP contribution < -0.4 is 14.8 Å². The number of ether oxygens (including phenoxy) is 3. The van der Waals surface area contributed by atoms with E-state index in [1.807, 2.05) is 24.3 Å². The van der Waals surface area contributed by atoms with Crippen molar-refractivity contribution in [3.63, 3.8) is 0 Å². The number of nitrogens with one attached hydrogen (secondary N) is 1. The average Bonchev–Trinajstić information content (AvgIpc) is 2.76. The minimum absolute atomic E-state index is 0.00372. The molecule has 0 radical (unpaired) electrons. The molecule has 30 heavy (non-hydrogen) atoms. The number of carbonyl (C=O) groups is 2. The van der Waals surface area contributed by atoms with Crippen molar-refractivity contribution in [1.82, 2.24) is 5.32 Å². The standard InChI is InChI=1S/C23H23NO6/c1-14(18-12-17(28-2)8-9-21(18)29-3)24-22(26)13-30-23(27)19-10-15-6-4-5-7-16(15)11-20(19)25/h4-12,14,25H,13H2,1-3H3,(H,24,26)/t14-/m1/s1. The Kier molecular flexibility index (Phi) is 6.41. The summed E-state index contributed by atoms with van der Waals surface area (Å²) in [5, 5.41) is 14.5. The predicted octanol–water partition coefficient (Wildman–Crippen LogP) is 3.60. The lowest BCUT2D eigenvalue weighted by atomic mass is 10.1. The first-order chi connectivity index (χ1) is 14.4. The van der Waals surface area contributed by atoms with Crippen molar-refractivity contribution < 1.29 is 28.9 Å². The minimum atomic E-state index is -0.778. The lowest BCUT2D eigenvalue weighted by molar-refractivity contribution is -0.124. The highest BCUT2D eigenvalue weighted by Gasteiger charge is 2.18. The Labute approximate surface area is 174 Å². The molecule has 7 nitrogen and oxygen atoms in total. The summed E-state index contributed by atoms with van der Waals surface area (Å²) in [7, 11) is 3.09. The van der Waals surface area contributed by atoms with Gasteiger partial charge >= 0.3 is 5.97 Å². The summed E-state index contributed by atoms with van der Waals surface area (Å²) in [6.45, 7) is 1.30. The molecule has 0 aromatic heterocycles. The van der Waals surface area contributed by atoms with Gasteiger partial charge in [0.1, 0.15) is 22.8 Å². The number of phenolic OH excluding ortho intramolecular Hbond substituents is 1. The van der Waals surface area contributed by atoms with E-state index in [1.54, 1.807) is 32.2 Å². The van der Waals surface area contributed by atoms with Crippen LogP contribution in [0.15, 0.2) is 54.6 Å². The highest BCUT2D eigenvalue weighted by atomic mass is 16.5. The zero-order chi connectivity index (χ0) is 21.7. The van der Waals surface area contributed by atoms with Gasteiger partial charge in [0.2, 0.25) is 0 Å². The van der Waals surface area contributed by atoms with Crippen LogP contribution in [0.1, 0.15) is 28.9 Å². The summed E-state index contributed by atoms with van der Waals surface area (Å²) >= 11 is 0. The van der Waals surface area contributed by atoms with E-state index < -0.39 is 24.5 Å². The summed E-state index contributed by atoms with van der Waals surface area (Å²) in [5.41, 5.74) is 0.729. The Morgan fingerprint density at radius 1 is 1.00 bits per heavy atom. The van der Waals surface area contributed by atoms with Crippen molar-refractivity contribution in [2.75, 3.05) is 20.8 Å². The largest absolute Gasteiger partial charge is 0.507 e. The maximum atomic E-state index is 12.4. The van der Waals surface area contributed by atoms with E-state index in [1.165, 1.54) is 19.2 Å². The smallest absolute Gasteiger partial charge is 0.342 e. The van der Waals surface area contributed by atoms with Gasteiger partial charge in [0, 0.05) is 5.56 Å². The van der Waals surface area contributed by atoms with Crippen molar-refractivity contribution in [3.8, 4) is 17.2 Å². The number of amides is 1. The normalized spacial score (nSPS) is 11.6. The molecular formula is C23H23NO6. The molecule has 0 spiro atoms. The number of rotatable bonds is 7. The Hall–Kier alpha value is -3.74. The lowest BCUT2D eigenvalue weighted by Gasteiger charge is -2.18. The van der Waals surface area contributed by atoms with Crippen LogP contribution >= 0.6 is 0 Å². The molecule has 0 bridgehead atoms. The van der Waals surface area contributed by atoms with Gasteiger partial charge in [-0.2, -0.15) is 0 Å². The number of fused-ring (bicyclic) bond motifs is 1.